The summed E-state index contributed by atoms with van der Waals surface area (Å²) in [4.78, 5) is 15.9. The number of ether oxygens (including phenoxy) is 1. The fourth-order valence-electron chi connectivity index (χ4n) is 2.58. The van der Waals surface area contributed by atoms with E-state index in [0.717, 1.165) is 33.9 Å². The molecule has 0 saturated heterocycles. The summed E-state index contributed by atoms with van der Waals surface area (Å²) in [5, 5.41) is 5.66. The van der Waals surface area contributed by atoms with Crippen molar-refractivity contribution < 1.29 is 9.53 Å². The van der Waals surface area contributed by atoms with E-state index in [0.29, 0.717) is 13.0 Å². The number of benzene rings is 2. The van der Waals surface area contributed by atoms with Crippen LogP contribution in [0.25, 0.3) is 21.8 Å². The minimum absolute atomic E-state index is 0.175. The van der Waals surface area contributed by atoms with Crippen LogP contribution in [-0.4, -0.2) is 24.6 Å². The Hall–Kier alpha value is -2.62. The largest absolute Gasteiger partial charge is 0.469 e. The number of pyridine rings is 1. The van der Waals surface area contributed by atoms with Crippen LogP contribution < -0.4 is 5.32 Å². The summed E-state index contributed by atoms with van der Waals surface area (Å²) in [6.45, 7) is 0.715. The molecule has 1 heterocycles. The third-order valence-corrected chi connectivity index (χ3v) is 3.67. The van der Waals surface area contributed by atoms with Crippen molar-refractivity contribution in [1.29, 1.82) is 0 Å². The maximum absolute atomic E-state index is 11.2. The van der Waals surface area contributed by atoms with Crippen LogP contribution in [0.15, 0.2) is 48.5 Å². The van der Waals surface area contributed by atoms with E-state index in [1.54, 1.807) is 0 Å². The molecule has 0 saturated carbocycles. The van der Waals surface area contributed by atoms with E-state index in [1.165, 1.54) is 7.11 Å². The first-order valence-electron chi connectivity index (χ1n) is 7.38. The van der Waals surface area contributed by atoms with E-state index >= 15 is 0 Å². The van der Waals surface area contributed by atoms with Crippen LogP contribution in [0.2, 0.25) is 0 Å². The molecule has 0 unspecified atom stereocenters. The zero-order valence-corrected chi connectivity index (χ0v) is 12.5. The molecule has 0 aliphatic rings. The van der Waals surface area contributed by atoms with Gasteiger partial charge in [-0.2, -0.15) is 0 Å². The molecule has 0 fully saturated rings. The van der Waals surface area contributed by atoms with Gasteiger partial charge in [0.15, 0.2) is 0 Å². The Morgan fingerprint density at radius 1 is 1.05 bits per heavy atom. The molecule has 1 aromatic heterocycles. The van der Waals surface area contributed by atoms with E-state index < -0.39 is 0 Å². The normalized spacial score (nSPS) is 10.8. The van der Waals surface area contributed by atoms with Gasteiger partial charge in [-0.15, -0.1) is 0 Å². The second kappa shape index (κ2) is 6.43. The monoisotopic (exact) mass is 294 g/mol. The average Bonchev–Trinajstić information content (AvgIpc) is 2.57. The lowest BCUT2D eigenvalue weighted by Crippen LogP contribution is -2.07. The lowest BCUT2D eigenvalue weighted by atomic mass is 10.1. The van der Waals surface area contributed by atoms with Gasteiger partial charge in [0.25, 0.3) is 0 Å². The minimum atomic E-state index is -0.175. The number of carbonyl (C=O) groups excluding carboxylic acids is 1. The molecule has 3 aromatic rings. The summed E-state index contributed by atoms with van der Waals surface area (Å²) in [6.07, 6.45) is 1.15. The van der Waals surface area contributed by atoms with Gasteiger partial charge in [-0.05, 0) is 18.6 Å². The van der Waals surface area contributed by atoms with Crippen molar-refractivity contribution in [2.45, 2.75) is 12.8 Å². The second-order valence-corrected chi connectivity index (χ2v) is 5.13. The van der Waals surface area contributed by atoms with Crippen molar-refractivity contribution in [3.63, 3.8) is 0 Å². The number of fused-ring (bicyclic) bond motifs is 2. The molecule has 1 N–H and O–H groups in total. The predicted octanol–water partition coefficient (Wildman–Crippen LogP) is 3.75. The molecule has 4 heteroatoms. The smallest absolute Gasteiger partial charge is 0.305 e. The number of nitrogens with zero attached hydrogens (tertiary/aromatic N) is 1. The number of esters is 1. The number of hydrogen-bond donors (Lipinski definition) is 1. The predicted molar refractivity (Wildman–Crippen MR) is 89.0 cm³/mol. The molecule has 0 bridgehead atoms. The molecule has 3 rings (SSSR count). The highest BCUT2D eigenvalue weighted by atomic mass is 16.5. The number of anilines is 1. The molecule has 0 aliphatic carbocycles. The number of carbonyl (C=O) groups is 1. The number of aromatic nitrogens is 1. The Morgan fingerprint density at radius 2 is 1.64 bits per heavy atom. The number of methoxy groups -OCH3 is 1. The number of nitrogens with one attached hydrogen (secondary N) is 1. The van der Waals surface area contributed by atoms with Crippen molar-refractivity contribution in [3.8, 4) is 0 Å². The van der Waals surface area contributed by atoms with Gasteiger partial charge in [-0.25, -0.2) is 4.98 Å². The van der Waals surface area contributed by atoms with Crippen molar-refractivity contribution in [1.82, 2.24) is 4.98 Å². The summed E-state index contributed by atoms with van der Waals surface area (Å²) < 4.78 is 4.67. The van der Waals surface area contributed by atoms with Crippen LogP contribution in [0, 0.1) is 0 Å². The Morgan fingerprint density at radius 3 is 2.23 bits per heavy atom. The number of para-hydroxylation sites is 2. The summed E-state index contributed by atoms with van der Waals surface area (Å²) >= 11 is 0. The van der Waals surface area contributed by atoms with Gasteiger partial charge in [-0.1, -0.05) is 36.4 Å². The summed E-state index contributed by atoms with van der Waals surface area (Å²) in [6, 6.07) is 16.2. The minimum Gasteiger partial charge on any atom is -0.469 e. The summed E-state index contributed by atoms with van der Waals surface area (Å²) in [5.74, 6) is -0.175. The van der Waals surface area contributed by atoms with E-state index in [2.05, 4.69) is 22.2 Å². The van der Waals surface area contributed by atoms with Crippen LogP contribution in [0.3, 0.4) is 0 Å². The molecule has 112 valence electrons. The van der Waals surface area contributed by atoms with Crippen molar-refractivity contribution in [2.24, 2.45) is 0 Å². The fourth-order valence-corrected chi connectivity index (χ4v) is 2.58. The quantitative estimate of drug-likeness (QED) is 0.442. The average molecular weight is 294 g/mol. The van der Waals surface area contributed by atoms with E-state index in [1.807, 2.05) is 36.4 Å². The standard InChI is InChI=1S/C18H18N2O2/c1-22-17(21)11-6-12-19-18-13-7-2-4-9-15(13)20-16-10-5-3-8-14(16)18/h2-5,7-10H,6,11-12H2,1H3,(H,19,20). The molecule has 4 nitrogen and oxygen atoms in total. The molecule has 0 atom stereocenters. The van der Waals surface area contributed by atoms with Crippen LogP contribution >= 0.6 is 0 Å². The van der Waals surface area contributed by atoms with Gasteiger partial charge in [0.2, 0.25) is 0 Å². The van der Waals surface area contributed by atoms with Crippen LogP contribution in [0.4, 0.5) is 5.69 Å². The van der Waals surface area contributed by atoms with Gasteiger partial charge in [0, 0.05) is 23.7 Å². The third kappa shape index (κ3) is 2.86. The third-order valence-electron chi connectivity index (χ3n) is 3.67. The first kappa shape index (κ1) is 14.3. The Bertz CT molecular complexity index is 760. The first-order chi connectivity index (χ1) is 10.8. The fraction of sp³-hybridized carbons (Fsp3) is 0.222. The maximum Gasteiger partial charge on any atom is 0.305 e. The lowest BCUT2D eigenvalue weighted by molar-refractivity contribution is -0.140. The van der Waals surface area contributed by atoms with Gasteiger partial charge >= 0.3 is 5.97 Å². The Labute approximate surface area is 129 Å². The van der Waals surface area contributed by atoms with Crippen molar-refractivity contribution >= 4 is 33.5 Å². The molecule has 0 aliphatic heterocycles. The molecule has 0 radical (unpaired) electrons. The number of rotatable bonds is 5. The van der Waals surface area contributed by atoms with E-state index in [-0.39, 0.29) is 5.97 Å². The van der Waals surface area contributed by atoms with Crippen molar-refractivity contribution in [3.05, 3.63) is 48.5 Å². The van der Waals surface area contributed by atoms with Gasteiger partial charge in [0.1, 0.15) is 0 Å². The molecule has 0 amide bonds. The Balaban J connectivity index is 1.92. The molecule has 2 aromatic carbocycles. The number of hydrogen-bond acceptors (Lipinski definition) is 4. The maximum atomic E-state index is 11.2. The Kier molecular flexibility index (Phi) is 4.19. The molecular weight excluding hydrogens is 276 g/mol. The molecule has 0 spiro atoms. The van der Waals surface area contributed by atoms with Crippen molar-refractivity contribution in [2.75, 3.05) is 19.0 Å². The van der Waals surface area contributed by atoms with Crippen LogP contribution in [-0.2, 0) is 9.53 Å². The molecule has 22 heavy (non-hydrogen) atoms. The zero-order chi connectivity index (χ0) is 15.4. The molecular formula is C18H18N2O2. The highest BCUT2D eigenvalue weighted by Crippen LogP contribution is 2.30. The lowest BCUT2D eigenvalue weighted by Gasteiger charge is -2.13. The van der Waals surface area contributed by atoms with Gasteiger partial charge in [0.05, 0.1) is 23.8 Å². The highest BCUT2D eigenvalue weighted by Gasteiger charge is 2.08. The summed E-state index contributed by atoms with van der Waals surface area (Å²) in [7, 11) is 1.42. The summed E-state index contributed by atoms with van der Waals surface area (Å²) in [5.41, 5.74) is 3.01. The van der Waals surface area contributed by atoms with Gasteiger partial charge in [-0.3, -0.25) is 4.79 Å². The van der Waals surface area contributed by atoms with E-state index in [9.17, 15) is 4.79 Å². The van der Waals surface area contributed by atoms with Gasteiger partial charge < -0.3 is 10.1 Å². The highest BCUT2D eigenvalue weighted by molar-refractivity contribution is 6.07. The first-order valence-corrected chi connectivity index (χ1v) is 7.38. The van der Waals surface area contributed by atoms with Crippen LogP contribution in [0.5, 0.6) is 0 Å². The zero-order valence-electron chi connectivity index (χ0n) is 12.5. The van der Waals surface area contributed by atoms with E-state index in [4.69, 9.17) is 4.98 Å². The SMILES string of the molecule is COC(=O)CCCNc1c2ccccc2nc2ccccc12. The second-order valence-electron chi connectivity index (χ2n) is 5.13. The topological polar surface area (TPSA) is 51.2 Å². The van der Waals surface area contributed by atoms with Crippen LogP contribution in [0.1, 0.15) is 12.8 Å².